The summed E-state index contributed by atoms with van der Waals surface area (Å²) in [6.07, 6.45) is 2.52. The topological polar surface area (TPSA) is 78.5 Å². The molecule has 6 nitrogen and oxygen atoms in total. The fourth-order valence-electron chi connectivity index (χ4n) is 3.46. The fraction of sp³-hybridized carbons (Fsp3) is 0.348. The number of nitrogens with one attached hydrogen (secondary N) is 2. The van der Waals surface area contributed by atoms with Crippen molar-refractivity contribution in [2.75, 3.05) is 19.6 Å². The SMILES string of the molecule is O=C(C[C@@H](NC(=O)c1ccccc1)c1ccccc1)NCCC(=O)N1CCCC1. The molecule has 1 heterocycles. The van der Waals surface area contributed by atoms with Crippen LogP contribution in [-0.2, 0) is 9.59 Å². The highest BCUT2D eigenvalue weighted by atomic mass is 16.2. The first-order chi connectivity index (χ1) is 14.1. The Morgan fingerprint density at radius 3 is 2.17 bits per heavy atom. The molecule has 6 heteroatoms. The molecule has 3 rings (SSSR count). The summed E-state index contributed by atoms with van der Waals surface area (Å²) < 4.78 is 0. The first-order valence-corrected chi connectivity index (χ1v) is 10.1. The summed E-state index contributed by atoms with van der Waals surface area (Å²) in [5.74, 6) is -0.335. The molecule has 1 aliphatic heterocycles. The maximum atomic E-state index is 12.6. The third-order valence-corrected chi connectivity index (χ3v) is 5.05. The summed E-state index contributed by atoms with van der Waals surface area (Å²) in [6.45, 7) is 1.94. The highest BCUT2D eigenvalue weighted by Gasteiger charge is 2.20. The Morgan fingerprint density at radius 1 is 0.897 bits per heavy atom. The minimum Gasteiger partial charge on any atom is -0.356 e. The number of carbonyl (C=O) groups is 3. The largest absolute Gasteiger partial charge is 0.356 e. The third kappa shape index (κ3) is 6.17. The van der Waals surface area contributed by atoms with Crippen LogP contribution in [0.25, 0.3) is 0 Å². The van der Waals surface area contributed by atoms with Gasteiger partial charge >= 0.3 is 0 Å². The standard InChI is InChI=1S/C23H27N3O3/c27-21(24-14-13-22(28)26-15-7-8-16-26)17-20(18-9-3-1-4-10-18)25-23(29)19-11-5-2-6-12-19/h1-6,9-12,20H,7-8,13-17H2,(H,24,27)(H,25,29)/t20-/m1/s1. The highest BCUT2D eigenvalue weighted by molar-refractivity contribution is 5.94. The molecule has 0 radical (unpaired) electrons. The van der Waals surface area contributed by atoms with E-state index in [1.165, 1.54) is 0 Å². The maximum Gasteiger partial charge on any atom is 0.251 e. The van der Waals surface area contributed by atoms with Crippen molar-refractivity contribution in [3.8, 4) is 0 Å². The molecule has 3 amide bonds. The van der Waals surface area contributed by atoms with Crippen LogP contribution >= 0.6 is 0 Å². The van der Waals surface area contributed by atoms with Gasteiger partial charge in [-0.05, 0) is 30.5 Å². The van der Waals surface area contributed by atoms with Crippen molar-refractivity contribution in [1.82, 2.24) is 15.5 Å². The zero-order valence-corrected chi connectivity index (χ0v) is 16.5. The van der Waals surface area contributed by atoms with E-state index < -0.39 is 6.04 Å². The van der Waals surface area contributed by atoms with Gasteiger partial charge in [-0.3, -0.25) is 14.4 Å². The number of hydrogen-bond acceptors (Lipinski definition) is 3. The van der Waals surface area contributed by atoms with Gasteiger partial charge < -0.3 is 15.5 Å². The van der Waals surface area contributed by atoms with Crippen LogP contribution in [0.2, 0.25) is 0 Å². The Morgan fingerprint density at radius 2 is 1.52 bits per heavy atom. The van der Waals surface area contributed by atoms with Crippen molar-refractivity contribution in [3.05, 3.63) is 71.8 Å². The summed E-state index contributed by atoms with van der Waals surface area (Å²) in [5, 5.41) is 5.76. The average Bonchev–Trinajstić information content (AvgIpc) is 3.29. The molecular formula is C23H27N3O3. The molecule has 152 valence electrons. The second-order valence-corrected chi connectivity index (χ2v) is 7.19. The van der Waals surface area contributed by atoms with E-state index in [0.717, 1.165) is 31.5 Å². The van der Waals surface area contributed by atoms with Crippen LogP contribution < -0.4 is 10.6 Å². The third-order valence-electron chi connectivity index (χ3n) is 5.05. The van der Waals surface area contributed by atoms with Gasteiger partial charge in [0, 0.05) is 31.6 Å². The molecule has 0 aromatic heterocycles. The van der Waals surface area contributed by atoms with E-state index in [0.29, 0.717) is 18.5 Å². The van der Waals surface area contributed by atoms with E-state index in [1.807, 2.05) is 41.3 Å². The number of hydrogen-bond donors (Lipinski definition) is 2. The van der Waals surface area contributed by atoms with Crippen LogP contribution in [-0.4, -0.2) is 42.3 Å². The van der Waals surface area contributed by atoms with Crippen LogP contribution in [0, 0.1) is 0 Å². The molecule has 2 aromatic carbocycles. The van der Waals surface area contributed by atoms with E-state index in [4.69, 9.17) is 0 Å². The van der Waals surface area contributed by atoms with Crippen LogP contribution in [0.5, 0.6) is 0 Å². The highest BCUT2D eigenvalue weighted by Crippen LogP contribution is 2.17. The van der Waals surface area contributed by atoms with Crippen LogP contribution in [0.15, 0.2) is 60.7 Å². The monoisotopic (exact) mass is 393 g/mol. The van der Waals surface area contributed by atoms with E-state index in [-0.39, 0.29) is 24.1 Å². The van der Waals surface area contributed by atoms with Gasteiger partial charge in [0.2, 0.25) is 11.8 Å². The van der Waals surface area contributed by atoms with Gasteiger partial charge in [-0.2, -0.15) is 0 Å². The van der Waals surface area contributed by atoms with Gasteiger partial charge in [-0.25, -0.2) is 0 Å². The lowest BCUT2D eigenvalue weighted by Crippen LogP contribution is -2.36. The van der Waals surface area contributed by atoms with Gasteiger partial charge in [0.1, 0.15) is 0 Å². The van der Waals surface area contributed by atoms with E-state index >= 15 is 0 Å². The molecule has 2 N–H and O–H groups in total. The van der Waals surface area contributed by atoms with Gasteiger partial charge in [0.15, 0.2) is 0 Å². The Kier molecular flexibility index (Phi) is 7.39. The number of likely N-dealkylation sites (tertiary alicyclic amines) is 1. The lowest BCUT2D eigenvalue weighted by Gasteiger charge is -2.19. The smallest absolute Gasteiger partial charge is 0.251 e. The van der Waals surface area contributed by atoms with Crippen LogP contribution in [0.3, 0.4) is 0 Å². The Hall–Kier alpha value is -3.15. The van der Waals surface area contributed by atoms with Crippen molar-refractivity contribution in [2.24, 2.45) is 0 Å². The Balaban J connectivity index is 1.55. The lowest BCUT2D eigenvalue weighted by atomic mass is 10.0. The fourth-order valence-corrected chi connectivity index (χ4v) is 3.46. The summed E-state index contributed by atoms with van der Waals surface area (Å²) in [4.78, 5) is 39.0. The summed E-state index contributed by atoms with van der Waals surface area (Å²) >= 11 is 0. The molecule has 1 atom stereocenters. The van der Waals surface area contributed by atoms with E-state index in [2.05, 4.69) is 10.6 Å². The second-order valence-electron chi connectivity index (χ2n) is 7.19. The van der Waals surface area contributed by atoms with E-state index in [1.54, 1.807) is 24.3 Å². The predicted molar refractivity (Wildman–Crippen MR) is 111 cm³/mol. The molecule has 1 saturated heterocycles. The van der Waals surface area contributed by atoms with Gasteiger partial charge in [-0.1, -0.05) is 48.5 Å². The molecule has 1 fully saturated rings. The van der Waals surface area contributed by atoms with Crippen LogP contribution in [0.1, 0.15) is 47.6 Å². The molecule has 0 unspecified atom stereocenters. The molecule has 0 aliphatic carbocycles. The summed E-state index contributed by atoms with van der Waals surface area (Å²) in [5.41, 5.74) is 1.41. The zero-order chi connectivity index (χ0) is 20.5. The number of rotatable bonds is 8. The van der Waals surface area contributed by atoms with Crippen molar-refractivity contribution >= 4 is 17.7 Å². The van der Waals surface area contributed by atoms with E-state index in [9.17, 15) is 14.4 Å². The maximum absolute atomic E-state index is 12.6. The summed E-state index contributed by atoms with van der Waals surface area (Å²) in [6, 6.07) is 17.9. The predicted octanol–water partition coefficient (Wildman–Crippen LogP) is 2.68. The molecule has 29 heavy (non-hydrogen) atoms. The first kappa shape index (κ1) is 20.6. The summed E-state index contributed by atoms with van der Waals surface area (Å²) in [7, 11) is 0. The molecule has 2 aromatic rings. The minimum absolute atomic E-state index is 0.0831. The lowest BCUT2D eigenvalue weighted by molar-refractivity contribution is -0.130. The average molecular weight is 393 g/mol. The van der Waals surface area contributed by atoms with Crippen molar-refractivity contribution in [1.29, 1.82) is 0 Å². The van der Waals surface area contributed by atoms with Crippen molar-refractivity contribution in [3.63, 3.8) is 0 Å². The normalized spacial score (nSPS) is 14.3. The molecule has 0 spiro atoms. The Labute approximate surface area is 171 Å². The molecule has 1 aliphatic rings. The molecular weight excluding hydrogens is 366 g/mol. The number of carbonyl (C=O) groups excluding carboxylic acids is 3. The molecule has 0 saturated carbocycles. The number of amides is 3. The second kappa shape index (κ2) is 10.4. The molecule has 0 bridgehead atoms. The number of benzene rings is 2. The minimum atomic E-state index is -0.446. The first-order valence-electron chi connectivity index (χ1n) is 10.1. The van der Waals surface area contributed by atoms with Gasteiger partial charge in [-0.15, -0.1) is 0 Å². The zero-order valence-electron chi connectivity index (χ0n) is 16.5. The van der Waals surface area contributed by atoms with Gasteiger partial charge in [0.25, 0.3) is 5.91 Å². The van der Waals surface area contributed by atoms with Crippen molar-refractivity contribution in [2.45, 2.75) is 31.7 Å². The van der Waals surface area contributed by atoms with Crippen molar-refractivity contribution < 1.29 is 14.4 Å². The van der Waals surface area contributed by atoms with Gasteiger partial charge in [0.05, 0.1) is 12.5 Å². The Bertz CT molecular complexity index is 818. The number of nitrogens with zero attached hydrogens (tertiary/aromatic N) is 1. The quantitative estimate of drug-likeness (QED) is 0.724. The van der Waals surface area contributed by atoms with Crippen LogP contribution in [0.4, 0.5) is 0 Å².